The number of terminal acetylenes is 1. The van der Waals surface area contributed by atoms with Crippen LogP contribution in [0.4, 0.5) is 0 Å². The van der Waals surface area contributed by atoms with Gasteiger partial charge in [-0.3, -0.25) is 0 Å². The van der Waals surface area contributed by atoms with E-state index in [1.165, 1.54) is 12.1 Å². The molecule has 6 N–H and O–H groups in total. The summed E-state index contributed by atoms with van der Waals surface area (Å²) in [5, 5.41) is 33.3. The van der Waals surface area contributed by atoms with Crippen LogP contribution < -0.4 is 5.73 Å². The molecule has 0 aliphatic carbocycles. The average molecular weight is 750 g/mol. The van der Waals surface area contributed by atoms with Gasteiger partial charge in [0, 0.05) is 17.3 Å². The van der Waals surface area contributed by atoms with E-state index in [1.54, 1.807) is 72.8 Å². The highest BCUT2D eigenvalue weighted by Crippen LogP contribution is 2.26. The number of quaternary nitrogens is 1. The molecule has 0 fully saturated rings. The zero-order chi connectivity index (χ0) is 34.9. The van der Waals surface area contributed by atoms with Crippen LogP contribution in [-0.2, 0) is 19.7 Å². The number of benzene rings is 6. The van der Waals surface area contributed by atoms with Gasteiger partial charge in [-0.2, -0.15) is 0 Å². The van der Waals surface area contributed by atoms with Crippen molar-refractivity contribution in [2.45, 2.75) is 22.6 Å². The molecule has 11 heteroatoms. The Morgan fingerprint density at radius 2 is 0.938 bits per heavy atom. The Hall–Kier alpha value is -4.60. The third-order valence-electron chi connectivity index (χ3n) is 7.27. The second-order valence-electron chi connectivity index (χ2n) is 10.9. The molecular weight excluding hydrogens is 714 g/mol. The topological polar surface area (TPSA) is 157 Å². The molecule has 0 aromatic heterocycles. The molecule has 0 aliphatic heterocycles. The standard InChI is InChI=1S/C14H12O3S.C13H15NO3S.C10H7BrO/c1-2-3-8-18(16,17)14-7-5-11-9-13(15)6-4-12(11)10-14;14-6-1-7-18(16,17)13-5-3-10-8-12(15)4-2-11(10)9-13;11-9-3-1-8-6-10(12)4-2-7(8)5-9/h1,4-7,9-10,15H,3,8H2;2-5,8-9,15H,1,6-7,14H2;1-6,12H/p+1. The first-order chi connectivity index (χ1) is 22.8. The monoisotopic (exact) mass is 748 g/mol. The molecule has 6 aromatic carbocycles. The van der Waals surface area contributed by atoms with Crippen LogP contribution in [-0.4, -0.2) is 50.2 Å². The van der Waals surface area contributed by atoms with Gasteiger partial charge in [-0.05, 0) is 105 Å². The quantitative estimate of drug-likeness (QED) is 0.134. The highest BCUT2D eigenvalue weighted by Gasteiger charge is 2.15. The number of halogens is 1. The number of phenols is 3. The SMILES string of the molecule is C#CCCS(=O)(=O)c1ccc2cc(O)ccc2c1.Oc1ccc2cc(Br)ccc2c1.[NH3+]CCCS(=O)(=O)c1ccc2cc(O)ccc2c1. The van der Waals surface area contributed by atoms with E-state index in [4.69, 9.17) is 6.42 Å². The summed E-state index contributed by atoms with van der Waals surface area (Å²) in [5.41, 5.74) is 3.65. The van der Waals surface area contributed by atoms with Crippen molar-refractivity contribution in [2.24, 2.45) is 0 Å². The molecule has 0 heterocycles. The Bertz CT molecular complexity index is 2290. The summed E-state index contributed by atoms with van der Waals surface area (Å²) < 4.78 is 49.0. The van der Waals surface area contributed by atoms with E-state index in [9.17, 15) is 32.2 Å². The lowest BCUT2D eigenvalue weighted by Gasteiger charge is -2.05. The summed E-state index contributed by atoms with van der Waals surface area (Å²) in [4.78, 5) is 0.588. The van der Waals surface area contributed by atoms with Gasteiger partial charge in [0.2, 0.25) is 0 Å². The fourth-order valence-electron chi connectivity index (χ4n) is 4.73. The van der Waals surface area contributed by atoms with Crippen LogP contribution in [0, 0.1) is 12.3 Å². The molecule has 0 spiro atoms. The molecule has 6 aromatic rings. The van der Waals surface area contributed by atoms with Gasteiger partial charge in [0.05, 0.1) is 27.8 Å². The van der Waals surface area contributed by atoms with Crippen LogP contribution in [0.1, 0.15) is 12.8 Å². The zero-order valence-corrected chi connectivity index (χ0v) is 29.1. The maximum atomic E-state index is 12.0. The van der Waals surface area contributed by atoms with Gasteiger partial charge in [-0.1, -0.05) is 52.3 Å². The normalized spacial score (nSPS) is 11.3. The third kappa shape index (κ3) is 9.71. The molecule has 0 atom stereocenters. The van der Waals surface area contributed by atoms with Crippen molar-refractivity contribution in [3.8, 4) is 29.6 Å². The summed E-state index contributed by atoms with van der Waals surface area (Å²) >= 11 is 3.39. The molecule has 0 amide bonds. The van der Waals surface area contributed by atoms with E-state index in [0.717, 1.165) is 36.8 Å². The van der Waals surface area contributed by atoms with Crippen LogP contribution in [0.15, 0.2) is 123 Å². The second-order valence-corrected chi connectivity index (χ2v) is 16.0. The Kier molecular flexibility index (Phi) is 12.1. The average Bonchev–Trinajstić information content (AvgIpc) is 3.06. The van der Waals surface area contributed by atoms with Crippen molar-refractivity contribution in [3.05, 3.63) is 114 Å². The molecule has 6 rings (SSSR count). The van der Waals surface area contributed by atoms with E-state index in [-0.39, 0.29) is 34.3 Å². The Balaban J connectivity index is 0.000000166. The van der Waals surface area contributed by atoms with Gasteiger partial charge in [0.25, 0.3) is 0 Å². The summed E-state index contributed by atoms with van der Waals surface area (Å²) in [6.07, 6.45) is 5.85. The number of phenolic OH excluding ortho intramolecular Hbond substituents is 3. The van der Waals surface area contributed by atoms with Crippen molar-refractivity contribution in [1.29, 1.82) is 0 Å². The van der Waals surface area contributed by atoms with Crippen LogP contribution in [0.3, 0.4) is 0 Å². The van der Waals surface area contributed by atoms with Crippen LogP contribution in [0.2, 0.25) is 0 Å². The predicted octanol–water partition coefficient (Wildman–Crippen LogP) is 6.60. The Morgan fingerprint density at radius 1 is 0.562 bits per heavy atom. The van der Waals surface area contributed by atoms with Crippen molar-refractivity contribution in [2.75, 3.05) is 18.1 Å². The minimum absolute atomic E-state index is 0.0485. The fourth-order valence-corrected chi connectivity index (χ4v) is 7.72. The van der Waals surface area contributed by atoms with Crippen LogP contribution in [0.25, 0.3) is 32.3 Å². The first-order valence-electron chi connectivity index (χ1n) is 14.8. The zero-order valence-electron chi connectivity index (χ0n) is 25.9. The maximum absolute atomic E-state index is 12.0. The van der Waals surface area contributed by atoms with Gasteiger partial charge >= 0.3 is 0 Å². The maximum Gasteiger partial charge on any atom is 0.179 e. The number of rotatable bonds is 7. The number of hydrogen-bond acceptors (Lipinski definition) is 7. The fraction of sp³-hybridized carbons (Fsp3) is 0.135. The Labute approximate surface area is 288 Å². The number of aromatic hydroxyl groups is 3. The van der Waals surface area contributed by atoms with Gasteiger partial charge in [-0.25, -0.2) is 16.8 Å². The first kappa shape index (κ1) is 36.2. The Morgan fingerprint density at radius 3 is 1.38 bits per heavy atom. The van der Waals surface area contributed by atoms with Crippen molar-refractivity contribution >= 4 is 67.9 Å². The van der Waals surface area contributed by atoms with Gasteiger partial charge in [0.1, 0.15) is 17.2 Å². The van der Waals surface area contributed by atoms with Crippen LogP contribution in [0.5, 0.6) is 17.2 Å². The van der Waals surface area contributed by atoms with Gasteiger partial charge < -0.3 is 21.1 Å². The van der Waals surface area contributed by atoms with E-state index in [1.807, 2.05) is 24.3 Å². The molecule has 0 radical (unpaired) electrons. The molecule has 248 valence electrons. The minimum Gasteiger partial charge on any atom is -0.508 e. The van der Waals surface area contributed by atoms with E-state index in [0.29, 0.717) is 23.6 Å². The van der Waals surface area contributed by atoms with Gasteiger partial charge in [0.15, 0.2) is 19.7 Å². The van der Waals surface area contributed by atoms with E-state index in [2.05, 4.69) is 27.6 Å². The lowest BCUT2D eigenvalue weighted by Crippen LogP contribution is -2.50. The summed E-state index contributed by atoms with van der Waals surface area (Å²) in [7, 11) is -6.56. The molecule has 0 saturated carbocycles. The molecule has 0 unspecified atom stereocenters. The summed E-state index contributed by atoms with van der Waals surface area (Å²) in [5.74, 6) is 3.05. The number of hydrogen-bond donors (Lipinski definition) is 4. The molecular formula is C37H35BrNO7S2+. The lowest BCUT2D eigenvalue weighted by molar-refractivity contribution is -0.367. The second kappa shape index (κ2) is 16.0. The minimum atomic E-state index is -3.33. The molecule has 0 saturated heterocycles. The van der Waals surface area contributed by atoms with Crippen LogP contribution >= 0.6 is 15.9 Å². The summed E-state index contributed by atoms with van der Waals surface area (Å²) in [6, 6.07) is 30.7. The smallest absolute Gasteiger partial charge is 0.179 e. The van der Waals surface area contributed by atoms with Crippen molar-refractivity contribution in [3.63, 3.8) is 0 Å². The lowest BCUT2D eigenvalue weighted by atomic mass is 10.1. The number of fused-ring (bicyclic) bond motifs is 3. The molecule has 0 aliphatic rings. The summed E-state index contributed by atoms with van der Waals surface area (Å²) in [6.45, 7) is 0.612. The highest BCUT2D eigenvalue weighted by molar-refractivity contribution is 9.10. The van der Waals surface area contributed by atoms with Crippen molar-refractivity contribution < 1.29 is 37.9 Å². The highest BCUT2D eigenvalue weighted by atomic mass is 79.9. The molecule has 0 bridgehead atoms. The largest absolute Gasteiger partial charge is 0.508 e. The predicted molar refractivity (Wildman–Crippen MR) is 194 cm³/mol. The first-order valence-corrected chi connectivity index (χ1v) is 18.9. The van der Waals surface area contributed by atoms with E-state index < -0.39 is 19.7 Å². The van der Waals surface area contributed by atoms with E-state index >= 15 is 0 Å². The van der Waals surface area contributed by atoms with Crippen molar-refractivity contribution in [1.82, 2.24) is 0 Å². The third-order valence-corrected chi connectivity index (χ3v) is 11.3. The number of sulfone groups is 2. The molecule has 8 nitrogen and oxygen atoms in total. The molecule has 48 heavy (non-hydrogen) atoms. The van der Waals surface area contributed by atoms with Gasteiger partial charge in [-0.15, -0.1) is 12.3 Å².